The Labute approximate surface area is 158 Å². The summed E-state index contributed by atoms with van der Waals surface area (Å²) in [6.45, 7) is 3.31. The zero-order chi connectivity index (χ0) is 18.8. The van der Waals surface area contributed by atoms with Gasteiger partial charge in [-0.15, -0.1) is 0 Å². The zero-order valence-electron chi connectivity index (χ0n) is 15.4. The number of benzene rings is 2. The van der Waals surface area contributed by atoms with Crippen molar-refractivity contribution in [3.05, 3.63) is 54.6 Å². The molecule has 2 heterocycles. The average Bonchev–Trinajstić information content (AvgIpc) is 3.02. The fourth-order valence-electron chi connectivity index (χ4n) is 4.07. The Hall–Kier alpha value is -2.86. The van der Waals surface area contributed by atoms with Gasteiger partial charge in [-0.25, -0.2) is 4.90 Å². The Morgan fingerprint density at radius 3 is 2.33 bits per heavy atom. The number of hydrogen-bond acceptors (Lipinski definition) is 4. The van der Waals surface area contributed by atoms with Crippen LogP contribution in [0.4, 0.5) is 11.4 Å². The van der Waals surface area contributed by atoms with E-state index in [0.29, 0.717) is 5.69 Å². The Balaban J connectivity index is 1.44. The molecule has 27 heavy (non-hydrogen) atoms. The summed E-state index contributed by atoms with van der Waals surface area (Å²) >= 11 is 0. The van der Waals surface area contributed by atoms with Gasteiger partial charge in [-0.3, -0.25) is 9.59 Å². The predicted octanol–water partition coefficient (Wildman–Crippen LogP) is 0.732. The second-order valence-electron chi connectivity index (χ2n) is 6.98. The second kappa shape index (κ2) is 7.40. The van der Waals surface area contributed by atoms with Gasteiger partial charge in [-0.05, 0) is 24.3 Å². The maximum Gasteiger partial charge on any atom is 0.292 e. The molecule has 0 aliphatic carbocycles. The van der Waals surface area contributed by atoms with Gasteiger partial charge in [-0.2, -0.15) is 0 Å². The highest BCUT2D eigenvalue weighted by molar-refractivity contribution is 6.21. The number of quaternary nitrogens is 1. The van der Waals surface area contributed by atoms with E-state index in [9.17, 15) is 9.59 Å². The standard InChI is InChI=1S/C21H23N3O3/c1-27-19-10-6-5-9-17(19)22-11-13-23(14-12-22)18-15-20(25)24(21(18)26)16-7-3-2-4-8-16/h2-10,18H,11-15H2,1H3/p+1/t18-/m1/s1. The van der Waals surface area contributed by atoms with Gasteiger partial charge < -0.3 is 14.5 Å². The lowest BCUT2D eigenvalue weighted by molar-refractivity contribution is -0.915. The van der Waals surface area contributed by atoms with Crippen LogP contribution in [0.1, 0.15) is 6.42 Å². The van der Waals surface area contributed by atoms with Crippen LogP contribution in [0.25, 0.3) is 0 Å². The molecule has 0 bridgehead atoms. The number of carbonyl (C=O) groups is 2. The minimum atomic E-state index is -0.280. The lowest BCUT2D eigenvalue weighted by Crippen LogP contribution is -3.19. The Bertz CT molecular complexity index is 832. The van der Waals surface area contributed by atoms with Gasteiger partial charge in [0.2, 0.25) is 5.91 Å². The lowest BCUT2D eigenvalue weighted by Gasteiger charge is -2.36. The normalized spacial score (nSPS) is 21.0. The number of amides is 2. The fourth-order valence-corrected chi connectivity index (χ4v) is 4.07. The summed E-state index contributed by atoms with van der Waals surface area (Å²) in [5.41, 5.74) is 1.75. The van der Waals surface area contributed by atoms with Crippen LogP contribution in [-0.2, 0) is 9.59 Å². The molecule has 140 valence electrons. The van der Waals surface area contributed by atoms with E-state index in [-0.39, 0.29) is 24.3 Å². The molecule has 2 aliphatic rings. The van der Waals surface area contributed by atoms with Crippen LogP contribution in [0.3, 0.4) is 0 Å². The van der Waals surface area contributed by atoms with Gasteiger partial charge in [0, 0.05) is 0 Å². The van der Waals surface area contributed by atoms with Crippen LogP contribution in [0.2, 0.25) is 0 Å². The molecule has 2 aromatic carbocycles. The Morgan fingerprint density at radius 2 is 1.63 bits per heavy atom. The maximum absolute atomic E-state index is 12.9. The predicted molar refractivity (Wildman–Crippen MR) is 103 cm³/mol. The quantitative estimate of drug-likeness (QED) is 0.811. The number of rotatable bonds is 4. The SMILES string of the molecule is COc1ccccc1N1CC[NH+]([C@@H]2CC(=O)N(c3ccccc3)C2=O)CC1. The van der Waals surface area contributed by atoms with Crippen molar-refractivity contribution < 1.29 is 19.2 Å². The molecule has 2 saturated heterocycles. The molecule has 6 heteroatoms. The highest BCUT2D eigenvalue weighted by Crippen LogP contribution is 2.27. The molecule has 4 rings (SSSR count). The van der Waals surface area contributed by atoms with Gasteiger partial charge in [0.15, 0.2) is 6.04 Å². The van der Waals surface area contributed by atoms with E-state index in [4.69, 9.17) is 4.74 Å². The van der Waals surface area contributed by atoms with Gasteiger partial charge in [0.05, 0.1) is 51.1 Å². The van der Waals surface area contributed by atoms with Crippen LogP contribution < -0.4 is 19.4 Å². The minimum absolute atomic E-state index is 0.0769. The number of carbonyl (C=O) groups excluding carboxylic acids is 2. The van der Waals surface area contributed by atoms with E-state index >= 15 is 0 Å². The van der Waals surface area contributed by atoms with E-state index in [1.165, 1.54) is 9.80 Å². The van der Waals surface area contributed by atoms with Crippen LogP contribution in [0, 0.1) is 0 Å². The van der Waals surface area contributed by atoms with Crippen LogP contribution >= 0.6 is 0 Å². The molecule has 0 radical (unpaired) electrons. The number of anilines is 2. The topological polar surface area (TPSA) is 54.3 Å². The van der Waals surface area contributed by atoms with Crippen LogP contribution in [-0.4, -0.2) is 51.1 Å². The van der Waals surface area contributed by atoms with E-state index in [0.717, 1.165) is 37.6 Å². The number of ether oxygens (including phenoxy) is 1. The first kappa shape index (κ1) is 17.5. The molecule has 0 spiro atoms. The van der Waals surface area contributed by atoms with Crippen molar-refractivity contribution in [2.75, 3.05) is 43.1 Å². The molecule has 2 amide bonds. The van der Waals surface area contributed by atoms with Gasteiger partial charge in [0.1, 0.15) is 5.75 Å². The highest BCUT2D eigenvalue weighted by Gasteiger charge is 2.46. The van der Waals surface area contributed by atoms with E-state index in [1.54, 1.807) is 7.11 Å². The van der Waals surface area contributed by atoms with Crippen molar-refractivity contribution in [2.45, 2.75) is 12.5 Å². The molecule has 0 unspecified atom stereocenters. The monoisotopic (exact) mass is 366 g/mol. The van der Waals surface area contributed by atoms with Crippen molar-refractivity contribution in [3.63, 3.8) is 0 Å². The van der Waals surface area contributed by atoms with Crippen LogP contribution in [0.5, 0.6) is 5.75 Å². The summed E-state index contributed by atoms with van der Waals surface area (Å²) in [5, 5.41) is 0. The third-order valence-corrected chi connectivity index (χ3v) is 5.49. The van der Waals surface area contributed by atoms with Crippen molar-refractivity contribution in [3.8, 4) is 5.75 Å². The Morgan fingerprint density at radius 1 is 0.963 bits per heavy atom. The first-order valence-corrected chi connectivity index (χ1v) is 9.33. The lowest BCUT2D eigenvalue weighted by atomic mass is 10.1. The Kier molecular flexibility index (Phi) is 4.81. The summed E-state index contributed by atoms with van der Waals surface area (Å²) in [5.74, 6) is 0.686. The third-order valence-electron chi connectivity index (χ3n) is 5.49. The van der Waals surface area contributed by atoms with Gasteiger partial charge in [-0.1, -0.05) is 30.3 Å². The molecule has 1 atom stereocenters. The number of nitrogens with one attached hydrogen (secondary N) is 1. The molecule has 0 saturated carbocycles. The molecule has 2 aromatic rings. The summed E-state index contributed by atoms with van der Waals surface area (Å²) < 4.78 is 5.47. The van der Waals surface area contributed by atoms with E-state index in [2.05, 4.69) is 11.0 Å². The number of nitrogens with zero attached hydrogens (tertiary/aromatic N) is 2. The number of hydrogen-bond donors (Lipinski definition) is 1. The third kappa shape index (κ3) is 3.28. The number of para-hydroxylation sites is 3. The van der Waals surface area contributed by atoms with Crippen molar-refractivity contribution in [1.82, 2.24) is 0 Å². The summed E-state index contributed by atoms with van der Waals surface area (Å²) in [4.78, 5) is 30.2. The van der Waals surface area contributed by atoms with E-state index < -0.39 is 0 Å². The summed E-state index contributed by atoms with van der Waals surface area (Å²) in [6.07, 6.45) is 0.289. The molecular formula is C21H24N3O3+. The summed E-state index contributed by atoms with van der Waals surface area (Å²) in [7, 11) is 1.68. The number of piperazine rings is 1. The zero-order valence-corrected chi connectivity index (χ0v) is 15.4. The number of imide groups is 1. The van der Waals surface area contributed by atoms with Crippen LogP contribution in [0.15, 0.2) is 54.6 Å². The van der Waals surface area contributed by atoms with E-state index in [1.807, 2.05) is 48.5 Å². The maximum atomic E-state index is 12.9. The van der Waals surface area contributed by atoms with Gasteiger partial charge >= 0.3 is 0 Å². The summed E-state index contributed by atoms with van der Waals surface area (Å²) in [6, 6.07) is 16.9. The van der Waals surface area contributed by atoms with Crippen molar-refractivity contribution in [1.29, 1.82) is 0 Å². The fraction of sp³-hybridized carbons (Fsp3) is 0.333. The molecule has 6 nitrogen and oxygen atoms in total. The smallest absolute Gasteiger partial charge is 0.292 e. The molecule has 2 aliphatic heterocycles. The largest absolute Gasteiger partial charge is 0.495 e. The second-order valence-corrected chi connectivity index (χ2v) is 6.98. The van der Waals surface area contributed by atoms with Gasteiger partial charge in [0.25, 0.3) is 5.91 Å². The highest BCUT2D eigenvalue weighted by atomic mass is 16.5. The number of methoxy groups -OCH3 is 1. The molecule has 1 N–H and O–H groups in total. The minimum Gasteiger partial charge on any atom is -0.495 e. The molecule has 0 aromatic heterocycles. The van der Waals surface area contributed by atoms with Crippen molar-refractivity contribution >= 4 is 23.2 Å². The van der Waals surface area contributed by atoms with Crippen molar-refractivity contribution in [2.24, 2.45) is 0 Å². The first-order valence-electron chi connectivity index (χ1n) is 9.33. The first-order chi connectivity index (χ1) is 13.2. The molecule has 2 fully saturated rings. The molecular weight excluding hydrogens is 342 g/mol. The average molecular weight is 366 g/mol.